The van der Waals surface area contributed by atoms with Crippen LogP contribution in [0, 0.1) is 12.8 Å². The Bertz CT molecular complexity index is 354. The predicted molar refractivity (Wildman–Crippen MR) is 73.2 cm³/mol. The molecule has 0 amide bonds. The smallest absolute Gasteiger partial charge is 0.140 e. The summed E-state index contributed by atoms with van der Waals surface area (Å²) in [6, 6.07) is 8.19. The van der Waals surface area contributed by atoms with Gasteiger partial charge < -0.3 is 0 Å². The summed E-state index contributed by atoms with van der Waals surface area (Å²) in [6.07, 6.45) is 4.98. The second-order valence-electron chi connectivity index (χ2n) is 4.82. The van der Waals surface area contributed by atoms with Crippen LogP contribution in [0.4, 0.5) is 0 Å². The van der Waals surface area contributed by atoms with Crippen molar-refractivity contribution in [1.29, 1.82) is 0 Å². The minimum atomic E-state index is 0.259. The summed E-state index contributed by atoms with van der Waals surface area (Å²) in [7, 11) is 0. The van der Waals surface area contributed by atoms with E-state index in [4.69, 9.17) is 0 Å². The van der Waals surface area contributed by atoms with Gasteiger partial charge in [-0.2, -0.15) is 0 Å². The number of benzene rings is 1. The van der Waals surface area contributed by atoms with Crippen molar-refractivity contribution in [2.24, 2.45) is 5.92 Å². The molecular weight excluding hydrogens is 208 g/mol. The van der Waals surface area contributed by atoms with Crippen LogP contribution in [-0.4, -0.2) is 5.78 Å². The largest absolute Gasteiger partial charge is 0.299 e. The van der Waals surface area contributed by atoms with E-state index in [9.17, 15) is 4.79 Å². The Balaban J connectivity index is 2.61. The summed E-state index contributed by atoms with van der Waals surface area (Å²) in [5.41, 5.74) is 2.42. The van der Waals surface area contributed by atoms with Crippen LogP contribution in [0.25, 0.3) is 0 Å². The number of carbonyl (C=O) groups is 1. The first-order chi connectivity index (χ1) is 8.19. The van der Waals surface area contributed by atoms with E-state index in [2.05, 4.69) is 32.9 Å². The molecule has 17 heavy (non-hydrogen) atoms. The lowest BCUT2D eigenvalue weighted by Crippen LogP contribution is -2.16. The fraction of sp³-hybridized carbons (Fsp3) is 0.562. The third-order valence-corrected chi connectivity index (χ3v) is 3.48. The fourth-order valence-corrected chi connectivity index (χ4v) is 2.18. The number of unbranched alkanes of at least 4 members (excludes halogenated alkanes) is 1. The summed E-state index contributed by atoms with van der Waals surface area (Å²) >= 11 is 0. The Labute approximate surface area is 105 Å². The standard InChI is InChI=1S/C16H24O/c1-4-6-10-14(5-2)16(17)12-15-11-8-7-9-13(15)3/h7-9,11,14H,4-6,10,12H2,1-3H3. The molecule has 0 aromatic heterocycles. The molecule has 1 unspecified atom stereocenters. The summed E-state index contributed by atoms with van der Waals surface area (Å²) in [4.78, 5) is 12.2. The molecule has 0 bridgehead atoms. The van der Waals surface area contributed by atoms with Gasteiger partial charge in [-0.05, 0) is 30.9 Å². The average Bonchev–Trinajstić information content (AvgIpc) is 2.33. The van der Waals surface area contributed by atoms with Gasteiger partial charge in [0.1, 0.15) is 5.78 Å². The molecule has 1 atom stereocenters. The highest BCUT2D eigenvalue weighted by atomic mass is 16.1. The van der Waals surface area contributed by atoms with Gasteiger partial charge in [-0.15, -0.1) is 0 Å². The summed E-state index contributed by atoms with van der Waals surface area (Å²) < 4.78 is 0. The van der Waals surface area contributed by atoms with Gasteiger partial charge in [0.2, 0.25) is 0 Å². The van der Waals surface area contributed by atoms with Crippen LogP contribution in [0.1, 0.15) is 50.7 Å². The maximum atomic E-state index is 12.2. The minimum absolute atomic E-state index is 0.259. The highest BCUT2D eigenvalue weighted by Gasteiger charge is 2.16. The molecule has 1 aromatic rings. The van der Waals surface area contributed by atoms with Crippen molar-refractivity contribution >= 4 is 5.78 Å². The zero-order chi connectivity index (χ0) is 12.7. The first-order valence-electron chi connectivity index (χ1n) is 6.76. The summed E-state index contributed by atoms with van der Waals surface area (Å²) in [5.74, 6) is 0.671. The summed E-state index contributed by atoms with van der Waals surface area (Å²) in [5, 5.41) is 0. The van der Waals surface area contributed by atoms with Crippen LogP contribution in [0.5, 0.6) is 0 Å². The van der Waals surface area contributed by atoms with Crippen LogP contribution < -0.4 is 0 Å². The topological polar surface area (TPSA) is 17.1 Å². The van der Waals surface area contributed by atoms with Gasteiger partial charge in [-0.25, -0.2) is 0 Å². The van der Waals surface area contributed by atoms with Crippen molar-refractivity contribution in [2.75, 3.05) is 0 Å². The zero-order valence-corrected chi connectivity index (χ0v) is 11.3. The second-order valence-corrected chi connectivity index (χ2v) is 4.82. The van der Waals surface area contributed by atoms with Crippen LogP contribution in [0.15, 0.2) is 24.3 Å². The number of aryl methyl sites for hydroxylation is 1. The first-order valence-corrected chi connectivity index (χ1v) is 6.76. The molecule has 0 aliphatic carbocycles. The van der Waals surface area contributed by atoms with Crippen molar-refractivity contribution in [3.8, 4) is 0 Å². The van der Waals surface area contributed by atoms with Gasteiger partial charge in [-0.3, -0.25) is 4.79 Å². The third kappa shape index (κ3) is 4.33. The second kappa shape index (κ2) is 7.26. The molecule has 0 radical (unpaired) electrons. The van der Waals surface area contributed by atoms with Crippen molar-refractivity contribution in [3.63, 3.8) is 0 Å². The van der Waals surface area contributed by atoms with Crippen LogP contribution in [0.2, 0.25) is 0 Å². The normalized spacial score (nSPS) is 12.4. The lowest BCUT2D eigenvalue weighted by Gasteiger charge is -2.14. The van der Waals surface area contributed by atoms with Crippen LogP contribution in [0.3, 0.4) is 0 Å². The lowest BCUT2D eigenvalue weighted by molar-refractivity contribution is -0.122. The van der Waals surface area contributed by atoms with Gasteiger partial charge >= 0.3 is 0 Å². The highest BCUT2D eigenvalue weighted by Crippen LogP contribution is 2.17. The number of Topliss-reactive ketones (excluding diaryl/α,β-unsaturated/α-hetero) is 1. The van der Waals surface area contributed by atoms with Gasteiger partial charge in [-0.1, -0.05) is 51.0 Å². The van der Waals surface area contributed by atoms with E-state index < -0.39 is 0 Å². The van der Waals surface area contributed by atoms with E-state index in [1.165, 1.54) is 17.5 Å². The number of hydrogen-bond donors (Lipinski definition) is 0. The quantitative estimate of drug-likeness (QED) is 0.684. The number of ketones is 1. The molecule has 0 aliphatic heterocycles. The Hall–Kier alpha value is -1.11. The molecule has 0 spiro atoms. The Kier molecular flexibility index (Phi) is 5.96. The van der Waals surface area contributed by atoms with Crippen molar-refractivity contribution in [3.05, 3.63) is 35.4 Å². The molecule has 0 saturated heterocycles. The molecule has 1 nitrogen and oxygen atoms in total. The van der Waals surface area contributed by atoms with Crippen molar-refractivity contribution < 1.29 is 4.79 Å². The molecule has 0 N–H and O–H groups in total. The average molecular weight is 232 g/mol. The van der Waals surface area contributed by atoms with E-state index >= 15 is 0 Å². The molecule has 0 saturated carbocycles. The monoisotopic (exact) mass is 232 g/mol. The zero-order valence-electron chi connectivity index (χ0n) is 11.3. The van der Waals surface area contributed by atoms with E-state index in [0.29, 0.717) is 12.2 Å². The van der Waals surface area contributed by atoms with Crippen molar-refractivity contribution in [2.45, 2.75) is 52.9 Å². The van der Waals surface area contributed by atoms with Crippen LogP contribution in [-0.2, 0) is 11.2 Å². The van der Waals surface area contributed by atoms with E-state index in [0.717, 1.165) is 19.3 Å². The van der Waals surface area contributed by atoms with Crippen LogP contribution >= 0.6 is 0 Å². The minimum Gasteiger partial charge on any atom is -0.299 e. The van der Waals surface area contributed by atoms with Gasteiger partial charge in [0.15, 0.2) is 0 Å². The van der Waals surface area contributed by atoms with Gasteiger partial charge in [0.05, 0.1) is 0 Å². The molecule has 1 heteroatoms. The van der Waals surface area contributed by atoms with Crippen molar-refractivity contribution in [1.82, 2.24) is 0 Å². The Morgan fingerprint density at radius 2 is 1.94 bits per heavy atom. The molecule has 0 heterocycles. The lowest BCUT2D eigenvalue weighted by atomic mass is 9.90. The SMILES string of the molecule is CCCCC(CC)C(=O)Cc1ccccc1C. The Morgan fingerprint density at radius 3 is 2.53 bits per heavy atom. The molecular formula is C16H24O. The highest BCUT2D eigenvalue weighted by molar-refractivity contribution is 5.83. The predicted octanol–water partition coefficient (Wildman–Crippen LogP) is 4.32. The van der Waals surface area contributed by atoms with Gasteiger partial charge in [0, 0.05) is 12.3 Å². The maximum absolute atomic E-state index is 12.2. The van der Waals surface area contributed by atoms with E-state index in [-0.39, 0.29) is 5.92 Å². The number of rotatable bonds is 7. The molecule has 0 aliphatic rings. The fourth-order valence-electron chi connectivity index (χ4n) is 2.18. The molecule has 1 aromatic carbocycles. The third-order valence-electron chi connectivity index (χ3n) is 3.48. The summed E-state index contributed by atoms with van der Waals surface area (Å²) in [6.45, 7) is 6.38. The number of carbonyl (C=O) groups excluding carboxylic acids is 1. The molecule has 0 fully saturated rings. The Morgan fingerprint density at radius 1 is 1.24 bits per heavy atom. The number of hydrogen-bond acceptors (Lipinski definition) is 1. The van der Waals surface area contributed by atoms with Gasteiger partial charge in [0.25, 0.3) is 0 Å². The molecule has 1 rings (SSSR count). The van der Waals surface area contributed by atoms with E-state index in [1.54, 1.807) is 0 Å². The first kappa shape index (κ1) is 14.0. The van der Waals surface area contributed by atoms with E-state index in [1.807, 2.05) is 12.1 Å². The molecule has 94 valence electrons. The maximum Gasteiger partial charge on any atom is 0.140 e.